The third-order valence-electron chi connectivity index (χ3n) is 4.50. The number of aromatic amines is 1. The number of para-hydroxylation sites is 1. The van der Waals surface area contributed by atoms with E-state index in [-0.39, 0.29) is 5.69 Å². The van der Waals surface area contributed by atoms with Crippen molar-refractivity contribution in [3.63, 3.8) is 0 Å². The maximum Gasteiger partial charge on any atom is 0.356 e. The van der Waals surface area contributed by atoms with Gasteiger partial charge in [0.25, 0.3) is 0 Å². The zero-order valence-electron chi connectivity index (χ0n) is 15.0. The highest BCUT2D eigenvalue weighted by Gasteiger charge is 2.15. The summed E-state index contributed by atoms with van der Waals surface area (Å²) in [5, 5.41) is 1.98. The Hall–Kier alpha value is -3.47. The Bertz CT molecular complexity index is 1130. The minimum atomic E-state index is -0.457. The van der Waals surface area contributed by atoms with Crippen LogP contribution in [0.5, 0.6) is 0 Å². The van der Waals surface area contributed by atoms with E-state index < -0.39 is 5.97 Å². The van der Waals surface area contributed by atoms with Gasteiger partial charge in [0.2, 0.25) is 0 Å². The molecule has 0 saturated carbocycles. The number of ether oxygens (including phenoxy) is 1. The SMILES string of the molecule is COC(=O)c1cc2c([nH]c3ccccc32)c(C=NCCc2ccccc2)n1. The second kappa shape index (κ2) is 7.41. The zero-order valence-corrected chi connectivity index (χ0v) is 15.0. The number of fused-ring (bicyclic) bond motifs is 3. The molecule has 0 atom stereocenters. The highest BCUT2D eigenvalue weighted by atomic mass is 16.5. The molecule has 5 nitrogen and oxygen atoms in total. The van der Waals surface area contributed by atoms with Gasteiger partial charge >= 0.3 is 5.97 Å². The molecule has 134 valence electrons. The number of H-pyrrole nitrogens is 1. The molecule has 0 aliphatic rings. The number of pyridine rings is 1. The number of aliphatic imine (C=N–C) groups is 1. The van der Waals surface area contributed by atoms with Crippen molar-refractivity contribution < 1.29 is 9.53 Å². The van der Waals surface area contributed by atoms with Crippen LogP contribution < -0.4 is 0 Å². The predicted octanol–water partition coefficient (Wildman–Crippen LogP) is 4.16. The Morgan fingerprint density at radius 1 is 1.11 bits per heavy atom. The van der Waals surface area contributed by atoms with Gasteiger partial charge in [0, 0.05) is 29.0 Å². The van der Waals surface area contributed by atoms with Crippen molar-refractivity contribution in [2.24, 2.45) is 4.99 Å². The maximum atomic E-state index is 12.0. The summed E-state index contributed by atoms with van der Waals surface area (Å²) in [4.78, 5) is 24.4. The van der Waals surface area contributed by atoms with Gasteiger partial charge in [0.1, 0.15) is 11.4 Å². The van der Waals surface area contributed by atoms with Crippen LogP contribution >= 0.6 is 0 Å². The van der Waals surface area contributed by atoms with Crippen LogP contribution in [0.1, 0.15) is 21.7 Å². The second-order valence-electron chi connectivity index (χ2n) is 6.25. The quantitative estimate of drug-likeness (QED) is 0.431. The standard InChI is InChI=1S/C22H19N3O2/c1-27-22(26)19-13-17-16-9-5-6-10-18(16)25-21(17)20(24-19)14-23-12-11-15-7-3-2-4-8-15/h2-10,13-14,25H,11-12H2,1H3. The van der Waals surface area contributed by atoms with Crippen molar-refractivity contribution in [2.45, 2.75) is 6.42 Å². The molecule has 0 fully saturated rings. The molecule has 0 amide bonds. The fourth-order valence-electron chi connectivity index (χ4n) is 3.16. The van der Waals surface area contributed by atoms with Crippen molar-refractivity contribution in [3.8, 4) is 0 Å². The zero-order chi connectivity index (χ0) is 18.6. The largest absolute Gasteiger partial charge is 0.464 e. The first-order valence-corrected chi connectivity index (χ1v) is 8.80. The van der Waals surface area contributed by atoms with Crippen LogP contribution in [0.25, 0.3) is 21.8 Å². The van der Waals surface area contributed by atoms with Crippen LogP contribution in [0.4, 0.5) is 0 Å². The van der Waals surface area contributed by atoms with E-state index in [2.05, 4.69) is 27.1 Å². The summed E-state index contributed by atoms with van der Waals surface area (Å²) in [5.74, 6) is -0.457. The summed E-state index contributed by atoms with van der Waals surface area (Å²) in [7, 11) is 1.36. The molecule has 0 aliphatic heterocycles. The van der Waals surface area contributed by atoms with E-state index in [9.17, 15) is 4.79 Å². The Balaban J connectivity index is 1.71. The van der Waals surface area contributed by atoms with Crippen LogP contribution in [0, 0.1) is 0 Å². The average molecular weight is 357 g/mol. The minimum Gasteiger partial charge on any atom is -0.464 e. The van der Waals surface area contributed by atoms with Gasteiger partial charge in [-0.2, -0.15) is 0 Å². The second-order valence-corrected chi connectivity index (χ2v) is 6.25. The highest BCUT2D eigenvalue weighted by Crippen LogP contribution is 2.27. The maximum absolute atomic E-state index is 12.0. The molecule has 1 N–H and O–H groups in total. The highest BCUT2D eigenvalue weighted by molar-refractivity contribution is 6.13. The van der Waals surface area contributed by atoms with Gasteiger partial charge in [-0.3, -0.25) is 4.99 Å². The molecule has 0 aliphatic carbocycles. The molecular formula is C22H19N3O2. The van der Waals surface area contributed by atoms with Crippen LogP contribution in [0.3, 0.4) is 0 Å². The van der Waals surface area contributed by atoms with E-state index in [0.717, 1.165) is 28.2 Å². The summed E-state index contributed by atoms with van der Waals surface area (Å²) >= 11 is 0. The van der Waals surface area contributed by atoms with Gasteiger partial charge in [-0.25, -0.2) is 9.78 Å². The molecule has 0 unspecified atom stereocenters. The minimum absolute atomic E-state index is 0.277. The molecule has 0 spiro atoms. The van der Waals surface area contributed by atoms with Crippen LogP contribution in [-0.2, 0) is 11.2 Å². The summed E-state index contributed by atoms with van der Waals surface area (Å²) in [6.07, 6.45) is 2.58. The number of nitrogens with zero attached hydrogens (tertiary/aromatic N) is 2. The number of carbonyl (C=O) groups excluding carboxylic acids is 1. The smallest absolute Gasteiger partial charge is 0.356 e. The lowest BCUT2D eigenvalue weighted by Crippen LogP contribution is -2.06. The number of esters is 1. The Kier molecular flexibility index (Phi) is 4.66. The molecule has 27 heavy (non-hydrogen) atoms. The van der Waals surface area contributed by atoms with E-state index >= 15 is 0 Å². The number of methoxy groups -OCH3 is 1. The average Bonchev–Trinajstić information content (AvgIpc) is 3.10. The molecule has 4 aromatic rings. The van der Waals surface area contributed by atoms with Gasteiger partial charge in [-0.15, -0.1) is 0 Å². The van der Waals surface area contributed by atoms with E-state index in [1.54, 1.807) is 12.3 Å². The molecule has 2 aromatic carbocycles. The van der Waals surface area contributed by atoms with E-state index in [0.29, 0.717) is 12.2 Å². The van der Waals surface area contributed by atoms with Crippen molar-refractivity contribution in [1.82, 2.24) is 9.97 Å². The van der Waals surface area contributed by atoms with E-state index in [1.165, 1.54) is 12.7 Å². The predicted molar refractivity (Wildman–Crippen MR) is 108 cm³/mol. The summed E-state index contributed by atoms with van der Waals surface area (Å²) in [6, 6.07) is 19.9. The lowest BCUT2D eigenvalue weighted by atomic mass is 10.1. The number of aromatic nitrogens is 2. The third-order valence-corrected chi connectivity index (χ3v) is 4.50. The number of hydrogen-bond donors (Lipinski definition) is 1. The molecule has 0 bridgehead atoms. The van der Waals surface area contributed by atoms with Crippen LogP contribution in [0.15, 0.2) is 65.7 Å². The molecule has 2 heterocycles. The first-order chi connectivity index (χ1) is 13.3. The first-order valence-electron chi connectivity index (χ1n) is 8.80. The van der Waals surface area contributed by atoms with E-state index in [1.807, 2.05) is 42.5 Å². The van der Waals surface area contributed by atoms with Gasteiger partial charge in [0.15, 0.2) is 0 Å². The fraction of sp³-hybridized carbons (Fsp3) is 0.136. The van der Waals surface area contributed by atoms with Crippen molar-refractivity contribution >= 4 is 34.0 Å². The topological polar surface area (TPSA) is 67.3 Å². The van der Waals surface area contributed by atoms with Crippen LogP contribution in [0.2, 0.25) is 0 Å². The van der Waals surface area contributed by atoms with Crippen LogP contribution in [-0.4, -0.2) is 35.8 Å². The molecule has 2 aromatic heterocycles. The molecular weight excluding hydrogens is 338 g/mol. The summed E-state index contributed by atoms with van der Waals surface area (Å²) in [5.41, 5.74) is 4.01. The van der Waals surface area contributed by atoms with Gasteiger partial charge in [-0.1, -0.05) is 48.5 Å². The Morgan fingerprint density at radius 3 is 2.70 bits per heavy atom. The lowest BCUT2D eigenvalue weighted by molar-refractivity contribution is 0.0594. The number of benzene rings is 2. The fourth-order valence-corrected chi connectivity index (χ4v) is 3.16. The Morgan fingerprint density at radius 2 is 1.89 bits per heavy atom. The molecule has 0 saturated heterocycles. The van der Waals surface area contributed by atoms with Crippen molar-refractivity contribution in [3.05, 3.63) is 77.6 Å². The third kappa shape index (κ3) is 3.44. The number of hydrogen-bond acceptors (Lipinski definition) is 4. The normalized spacial score (nSPS) is 11.4. The molecule has 0 radical (unpaired) electrons. The number of carbonyl (C=O) groups is 1. The van der Waals surface area contributed by atoms with E-state index in [4.69, 9.17) is 4.74 Å². The summed E-state index contributed by atoms with van der Waals surface area (Å²) in [6.45, 7) is 0.649. The molecule has 5 heteroatoms. The lowest BCUT2D eigenvalue weighted by Gasteiger charge is -2.03. The Labute approximate surface area is 156 Å². The van der Waals surface area contributed by atoms with Crippen molar-refractivity contribution in [1.29, 1.82) is 0 Å². The monoisotopic (exact) mass is 357 g/mol. The molecule has 4 rings (SSSR count). The number of rotatable bonds is 5. The van der Waals surface area contributed by atoms with Gasteiger partial charge < -0.3 is 9.72 Å². The van der Waals surface area contributed by atoms with Gasteiger partial charge in [-0.05, 0) is 24.1 Å². The summed E-state index contributed by atoms with van der Waals surface area (Å²) < 4.78 is 4.86. The van der Waals surface area contributed by atoms with Crippen molar-refractivity contribution in [2.75, 3.05) is 13.7 Å². The van der Waals surface area contributed by atoms with Gasteiger partial charge in [0.05, 0.1) is 12.6 Å². The first kappa shape index (κ1) is 17.0. The number of nitrogens with one attached hydrogen (secondary N) is 1.